The molecule has 0 spiro atoms. The second kappa shape index (κ2) is 6.66. The van der Waals surface area contributed by atoms with Crippen molar-refractivity contribution < 1.29 is 19.2 Å². The van der Waals surface area contributed by atoms with E-state index in [2.05, 4.69) is 10.6 Å². The highest BCUT2D eigenvalue weighted by atomic mass is 35.5. The Morgan fingerprint density at radius 2 is 2.17 bits per heavy atom. The van der Waals surface area contributed by atoms with Crippen molar-refractivity contribution in [1.29, 1.82) is 0 Å². The first kappa shape index (κ1) is 16.8. The fraction of sp³-hybridized carbons (Fsp3) is 0.286. The summed E-state index contributed by atoms with van der Waals surface area (Å²) in [6.07, 6.45) is 0. The van der Waals surface area contributed by atoms with Gasteiger partial charge in [-0.05, 0) is 25.5 Å². The minimum atomic E-state index is -0.862. The molecule has 2 amide bonds. The van der Waals surface area contributed by atoms with Crippen LogP contribution < -0.4 is 10.6 Å². The summed E-state index contributed by atoms with van der Waals surface area (Å²) in [5.74, 6) is -0.611. The standard InChI is InChI=1S/C14H14ClN3O5/c1-3-23-13(19)11-7(2)16-14(20)17-12(11)8-4-5-9(15)10(6-8)18(21)22/h4-6,12H,3H2,1-2H3,(H2,16,17,20)/t12-/m1/s1. The second-order valence-electron chi connectivity index (χ2n) is 4.76. The van der Waals surface area contributed by atoms with Gasteiger partial charge in [-0.1, -0.05) is 17.7 Å². The number of urea groups is 1. The van der Waals surface area contributed by atoms with E-state index in [4.69, 9.17) is 16.3 Å². The normalized spacial score (nSPS) is 17.3. The fourth-order valence-electron chi connectivity index (χ4n) is 2.27. The largest absolute Gasteiger partial charge is 0.463 e. The maximum Gasteiger partial charge on any atom is 0.338 e. The Morgan fingerprint density at radius 1 is 1.48 bits per heavy atom. The Morgan fingerprint density at radius 3 is 2.78 bits per heavy atom. The van der Waals surface area contributed by atoms with Gasteiger partial charge in [-0.25, -0.2) is 9.59 Å². The number of hydrogen-bond donors (Lipinski definition) is 2. The molecule has 1 heterocycles. The number of nitrogens with one attached hydrogen (secondary N) is 2. The zero-order valence-electron chi connectivity index (χ0n) is 12.4. The minimum absolute atomic E-state index is 0.0302. The molecule has 0 fully saturated rings. The van der Waals surface area contributed by atoms with Crippen molar-refractivity contribution in [1.82, 2.24) is 10.6 Å². The third-order valence-corrected chi connectivity index (χ3v) is 3.58. The SMILES string of the molecule is CCOC(=O)C1=C(C)NC(=O)N[C@@H]1c1ccc(Cl)c([N+](=O)[O-])c1. The van der Waals surface area contributed by atoms with Crippen molar-refractivity contribution in [3.63, 3.8) is 0 Å². The topological polar surface area (TPSA) is 111 Å². The van der Waals surface area contributed by atoms with Crippen molar-refractivity contribution in [3.05, 3.63) is 50.2 Å². The Balaban J connectivity index is 2.52. The van der Waals surface area contributed by atoms with Gasteiger partial charge in [0.15, 0.2) is 0 Å². The van der Waals surface area contributed by atoms with Crippen LogP contribution in [0.4, 0.5) is 10.5 Å². The highest BCUT2D eigenvalue weighted by molar-refractivity contribution is 6.32. The monoisotopic (exact) mass is 339 g/mol. The minimum Gasteiger partial charge on any atom is -0.463 e. The number of esters is 1. The van der Waals surface area contributed by atoms with E-state index in [1.54, 1.807) is 13.8 Å². The lowest BCUT2D eigenvalue weighted by atomic mass is 9.95. The lowest BCUT2D eigenvalue weighted by molar-refractivity contribution is -0.384. The van der Waals surface area contributed by atoms with Crippen LogP contribution >= 0.6 is 11.6 Å². The van der Waals surface area contributed by atoms with Gasteiger partial charge in [-0.3, -0.25) is 10.1 Å². The predicted octanol–water partition coefficient (Wildman–Crippen LogP) is 2.44. The number of benzene rings is 1. The van der Waals surface area contributed by atoms with Gasteiger partial charge in [0, 0.05) is 11.8 Å². The van der Waals surface area contributed by atoms with Crippen molar-refractivity contribution in [2.24, 2.45) is 0 Å². The van der Waals surface area contributed by atoms with Crippen LogP contribution in [0.25, 0.3) is 0 Å². The number of halogens is 1. The van der Waals surface area contributed by atoms with E-state index in [9.17, 15) is 19.7 Å². The molecule has 1 aromatic rings. The van der Waals surface area contributed by atoms with Crippen LogP contribution in [0.2, 0.25) is 5.02 Å². The summed E-state index contributed by atoms with van der Waals surface area (Å²) in [4.78, 5) is 34.2. The number of hydrogen-bond acceptors (Lipinski definition) is 5. The first-order chi connectivity index (χ1) is 10.8. The van der Waals surface area contributed by atoms with E-state index >= 15 is 0 Å². The Kier molecular flexibility index (Phi) is 4.85. The third-order valence-electron chi connectivity index (χ3n) is 3.26. The number of amides is 2. The predicted molar refractivity (Wildman–Crippen MR) is 81.8 cm³/mol. The van der Waals surface area contributed by atoms with E-state index in [1.165, 1.54) is 18.2 Å². The summed E-state index contributed by atoms with van der Waals surface area (Å²) in [5.41, 5.74) is 0.564. The van der Waals surface area contributed by atoms with Gasteiger partial charge in [0.05, 0.1) is 23.1 Å². The molecule has 0 saturated carbocycles. The van der Waals surface area contributed by atoms with Gasteiger partial charge >= 0.3 is 12.0 Å². The Labute approximate surface area is 136 Å². The summed E-state index contributed by atoms with van der Waals surface area (Å²) >= 11 is 5.79. The summed E-state index contributed by atoms with van der Waals surface area (Å²) in [5, 5.41) is 16.0. The fourth-order valence-corrected chi connectivity index (χ4v) is 2.46. The molecule has 0 unspecified atom stereocenters. The van der Waals surface area contributed by atoms with Gasteiger partial charge in [0.1, 0.15) is 5.02 Å². The molecule has 8 nitrogen and oxygen atoms in total. The molecule has 0 aromatic heterocycles. The van der Waals surface area contributed by atoms with E-state index in [-0.39, 0.29) is 22.9 Å². The quantitative estimate of drug-likeness (QED) is 0.497. The van der Waals surface area contributed by atoms with E-state index < -0.39 is 23.0 Å². The summed E-state index contributed by atoms with van der Waals surface area (Å²) in [7, 11) is 0. The first-order valence-electron chi connectivity index (χ1n) is 6.74. The molecule has 23 heavy (non-hydrogen) atoms. The average molecular weight is 340 g/mol. The van der Waals surface area contributed by atoms with Gasteiger partial charge in [0.2, 0.25) is 0 Å². The highest BCUT2D eigenvalue weighted by Gasteiger charge is 2.33. The summed E-state index contributed by atoms with van der Waals surface area (Å²) in [6.45, 7) is 3.38. The molecule has 0 aliphatic carbocycles. The Hall–Kier alpha value is -2.61. The van der Waals surface area contributed by atoms with Gasteiger partial charge in [-0.15, -0.1) is 0 Å². The van der Waals surface area contributed by atoms with Crippen LogP contribution in [0.15, 0.2) is 29.5 Å². The molecule has 1 atom stereocenters. The number of ether oxygens (including phenoxy) is 1. The highest BCUT2D eigenvalue weighted by Crippen LogP contribution is 2.32. The first-order valence-corrected chi connectivity index (χ1v) is 7.12. The molecule has 1 aliphatic rings. The van der Waals surface area contributed by atoms with Crippen molar-refractivity contribution >= 4 is 29.3 Å². The smallest absolute Gasteiger partial charge is 0.338 e. The molecule has 0 saturated heterocycles. The zero-order valence-corrected chi connectivity index (χ0v) is 13.1. The van der Waals surface area contributed by atoms with Crippen LogP contribution in [0.1, 0.15) is 25.5 Å². The second-order valence-corrected chi connectivity index (χ2v) is 5.17. The third kappa shape index (κ3) is 3.42. The number of nitro groups is 1. The molecule has 1 aromatic carbocycles. The molecular weight excluding hydrogens is 326 g/mol. The summed E-state index contributed by atoms with van der Waals surface area (Å²) < 4.78 is 4.99. The van der Waals surface area contributed by atoms with Crippen LogP contribution in [0.5, 0.6) is 0 Å². The zero-order chi connectivity index (χ0) is 17.1. The lowest BCUT2D eigenvalue weighted by Crippen LogP contribution is -2.45. The van der Waals surface area contributed by atoms with Crippen molar-refractivity contribution in [2.75, 3.05) is 6.61 Å². The van der Waals surface area contributed by atoms with E-state index in [1.807, 2.05) is 0 Å². The molecule has 2 N–H and O–H groups in total. The molecule has 9 heteroatoms. The lowest BCUT2D eigenvalue weighted by Gasteiger charge is -2.28. The maximum absolute atomic E-state index is 12.2. The molecule has 0 bridgehead atoms. The van der Waals surface area contributed by atoms with E-state index in [0.717, 1.165) is 0 Å². The molecule has 0 radical (unpaired) electrons. The number of nitro benzene ring substituents is 1. The molecule has 1 aliphatic heterocycles. The van der Waals surface area contributed by atoms with Gasteiger partial charge in [-0.2, -0.15) is 0 Å². The number of rotatable bonds is 4. The number of allylic oxidation sites excluding steroid dienone is 1. The molecular formula is C14H14ClN3O5. The number of carbonyl (C=O) groups is 2. The number of nitrogens with zero attached hydrogens (tertiary/aromatic N) is 1. The number of carbonyl (C=O) groups excluding carboxylic acids is 2. The maximum atomic E-state index is 12.2. The van der Waals surface area contributed by atoms with E-state index in [0.29, 0.717) is 11.3 Å². The van der Waals surface area contributed by atoms with Crippen LogP contribution in [0.3, 0.4) is 0 Å². The molecule has 2 rings (SSSR count). The van der Waals surface area contributed by atoms with Crippen LogP contribution in [-0.2, 0) is 9.53 Å². The Bertz CT molecular complexity index is 716. The van der Waals surface area contributed by atoms with Crippen molar-refractivity contribution in [2.45, 2.75) is 19.9 Å². The molecule has 122 valence electrons. The van der Waals surface area contributed by atoms with Crippen LogP contribution in [0, 0.1) is 10.1 Å². The van der Waals surface area contributed by atoms with Gasteiger partial charge in [0.25, 0.3) is 5.69 Å². The van der Waals surface area contributed by atoms with Gasteiger partial charge < -0.3 is 15.4 Å². The van der Waals surface area contributed by atoms with Crippen molar-refractivity contribution in [3.8, 4) is 0 Å². The average Bonchev–Trinajstić information content (AvgIpc) is 2.46. The summed E-state index contributed by atoms with van der Waals surface area (Å²) in [6, 6.07) is 2.71. The van der Waals surface area contributed by atoms with Crippen LogP contribution in [-0.4, -0.2) is 23.5 Å².